The highest BCUT2D eigenvalue weighted by Crippen LogP contribution is 2.28. The molecule has 0 radical (unpaired) electrons. The van der Waals surface area contributed by atoms with Crippen LogP contribution in [-0.2, 0) is 0 Å². The molecule has 0 spiro atoms. The Kier molecular flexibility index (Phi) is 5.48. The summed E-state index contributed by atoms with van der Waals surface area (Å²) >= 11 is 5.97. The average molecular weight is 270 g/mol. The Morgan fingerprint density at radius 3 is 2.56 bits per heavy atom. The lowest BCUT2D eigenvalue weighted by Gasteiger charge is -2.19. The van der Waals surface area contributed by atoms with E-state index >= 15 is 0 Å². The van der Waals surface area contributed by atoms with E-state index in [-0.39, 0.29) is 6.04 Å². The first-order valence-electron chi connectivity index (χ1n) is 6.47. The van der Waals surface area contributed by atoms with Crippen molar-refractivity contribution >= 4 is 11.6 Å². The zero-order chi connectivity index (χ0) is 13.8. The minimum atomic E-state index is -0.0682. The predicted molar refractivity (Wildman–Crippen MR) is 78.2 cm³/mol. The van der Waals surface area contributed by atoms with Crippen LogP contribution in [0.1, 0.15) is 52.1 Å². The van der Waals surface area contributed by atoms with Crippen molar-refractivity contribution in [2.75, 3.05) is 6.61 Å². The summed E-state index contributed by atoms with van der Waals surface area (Å²) in [6.45, 7) is 9.38. The predicted octanol–water partition coefficient (Wildman–Crippen LogP) is 4.56. The molecule has 0 fully saturated rings. The van der Waals surface area contributed by atoms with Gasteiger partial charge in [0.05, 0.1) is 6.61 Å². The number of nitrogens with two attached hydrogens (primary N) is 1. The Bertz CT molecular complexity index is 383. The molecule has 0 saturated carbocycles. The monoisotopic (exact) mass is 269 g/mol. The molecule has 1 rings (SSSR count). The van der Waals surface area contributed by atoms with Crippen molar-refractivity contribution < 1.29 is 4.74 Å². The van der Waals surface area contributed by atoms with Crippen LogP contribution in [0.4, 0.5) is 0 Å². The first-order chi connectivity index (χ1) is 8.29. The van der Waals surface area contributed by atoms with Gasteiger partial charge in [-0.05, 0) is 43.4 Å². The molecule has 0 aliphatic rings. The molecule has 0 aliphatic heterocycles. The van der Waals surface area contributed by atoms with Crippen molar-refractivity contribution in [1.82, 2.24) is 0 Å². The van der Waals surface area contributed by atoms with Gasteiger partial charge in [0.2, 0.25) is 0 Å². The number of halogens is 1. The third-order valence-corrected chi connectivity index (χ3v) is 3.03. The molecule has 2 N–H and O–H groups in total. The van der Waals surface area contributed by atoms with E-state index in [0.29, 0.717) is 10.4 Å². The lowest BCUT2D eigenvalue weighted by atomic mass is 9.91. The van der Waals surface area contributed by atoms with Gasteiger partial charge in [-0.2, -0.15) is 0 Å². The largest absolute Gasteiger partial charge is 0.493 e. The van der Waals surface area contributed by atoms with Crippen LogP contribution in [0.15, 0.2) is 18.2 Å². The topological polar surface area (TPSA) is 35.2 Å². The number of rotatable bonds is 5. The van der Waals surface area contributed by atoms with Crippen LogP contribution in [0.25, 0.3) is 0 Å². The Hall–Kier alpha value is -0.730. The third-order valence-electron chi connectivity index (χ3n) is 2.79. The fourth-order valence-electron chi connectivity index (χ4n) is 1.79. The molecule has 102 valence electrons. The molecule has 0 amide bonds. The Morgan fingerprint density at radius 2 is 2.00 bits per heavy atom. The van der Waals surface area contributed by atoms with E-state index in [9.17, 15) is 0 Å². The molecule has 3 heteroatoms. The Labute approximate surface area is 115 Å². The van der Waals surface area contributed by atoms with E-state index in [4.69, 9.17) is 22.1 Å². The summed E-state index contributed by atoms with van der Waals surface area (Å²) in [4.78, 5) is 0. The molecule has 1 atom stereocenters. The van der Waals surface area contributed by atoms with E-state index < -0.39 is 0 Å². The van der Waals surface area contributed by atoms with Gasteiger partial charge in [0.1, 0.15) is 5.75 Å². The molecule has 0 heterocycles. The van der Waals surface area contributed by atoms with Gasteiger partial charge >= 0.3 is 0 Å². The van der Waals surface area contributed by atoms with Crippen LogP contribution < -0.4 is 10.5 Å². The second kappa shape index (κ2) is 6.44. The van der Waals surface area contributed by atoms with Gasteiger partial charge in [0.15, 0.2) is 0 Å². The number of hydrogen-bond acceptors (Lipinski definition) is 2. The first kappa shape index (κ1) is 15.3. The normalized spacial score (nSPS) is 13.4. The molecule has 0 saturated heterocycles. The average Bonchev–Trinajstić information content (AvgIpc) is 2.24. The molecule has 1 aromatic rings. The second-order valence-electron chi connectivity index (χ2n) is 5.98. The van der Waals surface area contributed by atoms with Gasteiger partial charge in [0.25, 0.3) is 0 Å². The molecule has 0 aromatic heterocycles. The molecular formula is C15H24ClNO. The standard InChI is InChI=1S/C15H24ClNO/c1-11(17)13-10-12(16)6-7-14(13)18-9-5-8-15(2,3)4/h6-7,10-11H,5,8-9,17H2,1-4H3/t11-/m1/s1. The van der Waals surface area contributed by atoms with E-state index in [2.05, 4.69) is 20.8 Å². The van der Waals surface area contributed by atoms with Gasteiger partial charge in [-0.15, -0.1) is 0 Å². The van der Waals surface area contributed by atoms with Gasteiger partial charge in [0, 0.05) is 16.6 Å². The summed E-state index contributed by atoms with van der Waals surface area (Å²) < 4.78 is 5.81. The van der Waals surface area contributed by atoms with Gasteiger partial charge in [-0.25, -0.2) is 0 Å². The van der Waals surface area contributed by atoms with Crippen molar-refractivity contribution in [2.45, 2.75) is 46.6 Å². The van der Waals surface area contributed by atoms with Crippen LogP contribution in [0.3, 0.4) is 0 Å². The van der Waals surface area contributed by atoms with E-state index in [1.165, 1.54) is 0 Å². The maximum absolute atomic E-state index is 5.97. The van der Waals surface area contributed by atoms with Crippen LogP contribution in [0.5, 0.6) is 5.75 Å². The summed E-state index contributed by atoms with van der Waals surface area (Å²) in [6, 6.07) is 5.55. The molecule has 0 bridgehead atoms. The quantitative estimate of drug-likeness (QED) is 0.795. The van der Waals surface area contributed by atoms with Crippen molar-refractivity contribution in [3.63, 3.8) is 0 Å². The minimum absolute atomic E-state index is 0.0682. The minimum Gasteiger partial charge on any atom is -0.493 e. The van der Waals surface area contributed by atoms with Gasteiger partial charge in [-0.1, -0.05) is 32.4 Å². The summed E-state index contributed by atoms with van der Waals surface area (Å²) in [7, 11) is 0. The summed E-state index contributed by atoms with van der Waals surface area (Å²) in [6.07, 6.45) is 2.19. The van der Waals surface area contributed by atoms with Gasteiger partial charge in [-0.3, -0.25) is 0 Å². The first-order valence-corrected chi connectivity index (χ1v) is 6.85. The molecule has 2 nitrogen and oxygen atoms in total. The Balaban J connectivity index is 2.57. The highest BCUT2D eigenvalue weighted by molar-refractivity contribution is 6.30. The Morgan fingerprint density at radius 1 is 1.33 bits per heavy atom. The van der Waals surface area contributed by atoms with Crippen molar-refractivity contribution in [2.24, 2.45) is 11.1 Å². The highest BCUT2D eigenvalue weighted by atomic mass is 35.5. The smallest absolute Gasteiger partial charge is 0.124 e. The fraction of sp³-hybridized carbons (Fsp3) is 0.600. The second-order valence-corrected chi connectivity index (χ2v) is 6.42. The molecule has 18 heavy (non-hydrogen) atoms. The summed E-state index contributed by atoms with van der Waals surface area (Å²) in [5, 5.41) is 0.698. The zero-order valence-corrected chi connectivity index (χ0v) is 12.6. The van der Waals surface area contributed by atoms with Crippen LogP contribution in [0, 0.1) is 5.41 Å². The highest BCUT2D eigenvalue weighted by Gasteiger charge is 2.11. The van der Waals surface area contributed by atoms with Crippen molar-refractivity contribution in [3.8, 4) is 5.75 Å². The maximum atomic E-state index is 5.97. The third kappa shape index (κ3) is 5.28. The fourth-order valence-corrected chi connectivity index (χ4v) is 1.97. The summed E-state index contributed by atoms with van der Waals surface area (Å²) in [5.41, 5.74) is 7.24. The molecule has 0 aliphatic carbocycles. The van der Waals surface area contributed by atoms with Crippen LogP contribution in [-0.4, -0.2) is 6.61 Å². The van der Waals surface area contributed by atoms with Crippen LogP contribution >= 0.6 is 11.6 Å². The van der Waals surface area contributed by atoms with Crippen LogP contribution in [0.2, 0.25) is 5.02 Å². The van der Waals surface area contributed by atoms with E-state index in [0.717, 1.165) is 30.8 Å². The number of benzene rings is 1. The molecule has 0 unspecified atom stereocenters. The SMILES string of the molecule is C[C@@H](N)c1cc(Cl)ccc1OCCCC(C)(C)C. The van der Waals surface area contributed by atoms with E-state index in [1.807, 2.05) is 25.1 Å². The maximum Gasteiger partial charge on any atom is 0.124 e. The van der Waals surface area contributed by atoms with Crippen molar-refractivity contribution in [3.05, 3.63) is 28.8 Å². The lowest BCUT2D eigenvalue weighted by molar-refractivity contribution is 0.266. The van der Waals surface area contributed by atoms with Gasteiger partial charge < -0.3 is 10.5 Å². The number of hydrogen-bond donors (Lipinski definition) is 1. The van der Waals surface area contributed by atoms with E-state index in [1.54, 1.807) is 0 Å². The summed E-state index contributed by atoms with van der Waals surface area (Å²) in [5.74, 6) is 0.850. The molecular weight excluding hydrogens is 246 g/mol. The number of ether oxygens (including phenoxy) is 1. The van der Waals surface area contributed by atoms with Crippen molar-refractivity contribution in [1.29, 1.82) is 0 Å². The lowest BCUT2D eigenvalue weighted by Crippen LogP contribution is -2.11. The molecule has 1 aromatic carbocycles. The zero-order valence-electron chi connectivity index (χ0n) is 11.8.